The Morgan fingerprint density at radius 2 is 2.00 bits per heavy atom. The van der Waals surface area contributed by atoms with Gasteiger partial charge in [-0.2, -0.15) is 0 Å². The highest BCUT2D eigenvalue weighted by atomic mass is 19.1. The second kappa shape index (κ2) is 2.80. The molecule has 0 fully saturated rings. The Kier molecular flexibility index (Phi) is 1.84. The molecule has 0 spiro atoms. The lowest BCUT2D eigenvalue weighted by atomic mass is 9.97. The standard InChI is InChI=1S/C11H12FNO/c1-11(2,3)10-13-8-5-4-7(12)6-9(8)14-10/h4-6H,1-3H3. The largest absolute Gasteiger partial charge is 0.440 e. The van der Waals surface area contributed by atoms with E-state index in [1.54, 1.807) is 6.07 Å². The first-order chi connectivity index (χ1) is 6.47. The molecule has 0 bridgehead atoms. The van der Waals surface area contributed by atoms with Crippen molar-refractivity contribution < 1.29 is 8.81 Å². The van der Waals surface area contributed by atoms with Gasteiger partial charge in [0.2, 0.25) is 5.89 Å². The number of benzene rings is 1. The summed E-state index contributed by atoms with van der Waals surface area (Å²) in [7, 11) is 0. The molecule has 0 aliphatic heterocycles. The van der Waals surface area contributed by atoms with Gasteiger partial charge in [-0.25, -0.2) is 9.37 Å². The number of aromatic nitrogens is 1. The third-order valence-corrected chi connectivity index (χ3v) is 1.99. The third kappa shape index (κ3) is 1.50. The summed E-state index contributed by atoms with van der Waals surface area (Å²) in [4.78, 5) is 4.29. The number of halogens is 1. The van der Waals surface area contributed by atoms with Crippen LogP contribution in [0.2, 0.25) is 0 Å². The fourth-order valence-corrected chi connectivity index (χ4v) is 1.22. The van der Waals surface area contributed by atoms with Gasteiger partial charge < -0.3 is 4.42 Å². The van der Waals surface area contributed by atoms with Crippen LogP contribution >= 0.6 is 0 Å². The molecular weight excluding hydrogens is 181 g/mol. The second-order valence-electron chi connectivity index (χ2n) is 4.38. The minimum Gasteiger partial charge on any atom is -0.440 e. The summed E-state index contributed by atoms with van der Waals surface area (Å²) in [5.74, 6) is 0.340. The van der Waals surface area contributed by atoms with E-state index in [0.29, 0.717) is 17.0 Å². The quantitative estimate of drug-likeness (QED) is 0.641. The van der Waals surface area contributed by atoms with Crippen LogP contribution in [0.15, 0.2) is 22.6 Å². The number of rotatable bonds is 0. The second-order valence-corrected chi connectivity index (χ2v) is 4.38. The molecule has 0 aliphatic rings. The van der Waals surface area contributed by atoms with E-state index in [1.807, 2.05) is 20.8 Å². The monoisotopic (exact) mass is 193 g/mol. The summed E-state index contributed by atoms with van der Waals surface area (Å²) < 4.78 is 18.3. The van der Waals surface area contributed by atoms with Crippen molar-refractivity contribution >= 4 is 11.1 Å². The van der Waals surface area contributed by atoms with Gasteiger partial charge in [0.25, 0.3) is 0 Å². The lowest BCUT2D eigenvalue weighted by Crippen LogP contribution is -2.10. The van der Waals surface area contributed by atoms with E-state index < -0.39 is 0 Å². The van der Waals surface area contributed by atoms with Crippen LogP contribution in [0.4, 0.5) is 4.39 Å². The van der Waals surface area contributed by atoms with E-state index in [0.717, 1.165) is 0 Å². The van der Waals surface area contributed by atoms with Crippen molar-refractivity contribution in [3.63, 3.8) is 0 Å². The summed E-state index contributed by atoms with van der Waals surface area (Å²) in [5, 5.41) is 0. The first-order valence-corrected chi connectivity index (χ1v) is 4.53. The highest BCUT2D eigenvalue weighted by Gasteiger charge is 2.20. The van der Waals surface area contributed by atoms with Crippen molar-refractivity contribution in [2.45, 2.75) is 26.2 Å². The van der Waals surface area contributed by atoms with Crippen molar-refractivity contribution in [2.75, 3.05) is 0 Å². The van der Waals surface area contributed by atoms with Gasteiger partial charge in [0.1, 0.15) is 11.3 Å². The Hall–Kier alpha value is -1.38. The van der Waals surface area contributed by atoms with Gasteiger partial charge in [0, 0.05) is 11.5 Å². The predicted octanol–water partition coefficient (Wildman–Crippen LogP) is 3.26. The molecule has 0 saturated carbocycles. The zero-order chi connectivity index (χ0) is 10.3. The summed E-state index contributed by atoms with van der Waals surface area (Å²) in [6.07, 6.45) is 0. The van der Waals surface area contributed by atoms with Crippen LogP contribution in [0.1, 0.15) is 26.7 Å². The van der Waals surface area contributed by atoms with E-state index >= 15 is 0 Å². The summed E-state index contributed by atoms with van der Waals surface area (Å²) in [5.41, 5.74) is 1.07. The Labute approximate surface area is 81.8 Å². The SMILES string of the molecule is CC(C)(C)c1nc2ccc(F)cc2o1. The van der Waals surface area contributed by atoms with Gasteiger partial charge in [-0.15, -0.1) is 0 Å². The molecule has 0 radical (unpaired) electrons. The zero-order valence-corrected chi connectivity index (χ0v) is 8.47. The van der Waals surface area contributed by atoms with Crippen molar-refractivity contribution in [1.82, 2.24) is 4.98 Å². The van der Waals surface area contributed by atoms with Crippen molar-refractivity contribution in [3.8, 4) is 0 Å². The first kappa shape index (κ1) is 9.19. The topological polar surface area (TPSA) is 26.0 Å². The fourth-order valence-electron chi connectivity index (χ4n) is 1.22. The summed E-state index contributed by atoms with van der Waals surface area (Å²) in [6, 6.07) is 4.37. The molecule has 0 amide bonds. The van der Waals surface area contributed by atoms with Crippen LogP contribution < -0.4 is 0 Å². The molecule has 1 aromatic carbocycles. The molecule has 14 heavy (non-hydrogen) atoms. The zero-order valence-electron chi connectivity index (χ0n) is 8.47. The van der Waals surface area contributed by atoms with Gasteiger partial charge in [0.05, 0.1) is 0 Å². The number of oxazole rings is 1. The van der Waals surface area contributed by atoms with Gasteiger partial charge in [-0.3, -0.25) is 0 Å². The van der Waals surface area contributed by atoms with Crippen molar-refractivity contribution in [2.24, 2.45) is 0 Å². The fraction of sp³-hybridized carbons (Fsp3) is 0.364. The average Bonchev–Trinajstić information content (AvgIpc) is 2.45. The minimum absolute atomic E-state index is 0.143. The molecular formula is C11H12FNO. The number of hydrogen-bond acceptors (Lipinski definition) is 2. The number of nitrogens with zero attached hydrogens (tertiary/aromatic N) is 1. The molecule has 1 aromatic heterocycles. The smallest absolute Gasteiger partial charge is 0.200 e. The average molecular weight is 193 g/mol. The number of fused-ring (bicyclic) bond motifs is 1. The lowest BCUT2D eigenvalue weighted by molar-refractivity contribution is 0.410. The first-order valence-electron chi connectivity index (χ1n) is 4.53. The van der Waals surface area contributed by atoms with Gasteiger partial charge in [-0.1, -0.05) is 20.8 Å². The highest BCUT2D eigenvalue weighted by Crippen LogP contribution is 2.25. The Morgan fingerprint density at radius 3 is 2.64 bits per heavy atom. The third-order valence-electron chi connectivity index (χ3n) is 1.99. The summed E-state index contributed by atoms with van der Waals surface area (Å²) >= 11 is 0. The maximum absolute atomic E-state index is 12.9. The van der Waals surface area contributed by atoms with Crippen molar-refractivity contribution in [1.29, 1.82) is 0 Å². The number of hydrogen-bond donors (Lipinski definition) is 0. The molecule has 3 heteroatoms. The molecule has 1 heterocycles. The van der Waals surface area contributed by atoms with Crippen LogP contribution in [0, 0.1) is 5.82 Å². The van der Waals surface area contributed by atoms with Crippen LogP contribution in [0.25, 0.3) is 11.1 Å². The minimum atomic E-state index is -0.297. The maximum Gasteiger partial charge on any atom is 0.200 e. The van der Waals surface area contributed by atoms with Gasteiger partial charge in [0.15, 0.2) is 5.58 Å². The molecule has 74 valence electrons. The summed E-state index contributed by atoms with van der Waals surface area (Å²) in [6.45, 7) is 6.02. The van der Waals surface area contributed by atoms with E-state index in [4.69, 9.17) is 4.42 Å². The molecule has 2 aromatic rings. The highest BCUT2D eigenvalue weighted by molar-refractivity contribution is 5.72. The van der Waals surface area contributed by atoms with E-state index in [9.17, 15) is 4.39 Å². The van der Waals surface area contributed by atoms with Crippen LogP contribution in [0.5, 0.6) is 0 Å². The maximum atomic E-state index is 12.9. The van der Waals surface area contributed by atoms with Crippen LogP contribution in [-0.2, 0) is 5.41 Å². The molecule has 2 rings (SSSR count). The van der Waals surface area contributed by atoms with Gasteiger partial charge in [-0.05, 0) is 12.1 Å². The Morgan fingerprint density at radius 1 is 1.29 bits per heavy atom. The van der Waals surface area contributed by atoms with Gasteiger partial charge >= 0.3 is 0 Å². The van der Waals surface area contributed by atoms with Crippen molar-refractivity contribution in [3.05, 3.63) is 29.9 Å². The van der Waals surface area contributed by atoms with E-state index in [-0.39, 0.29) is 11.2 Å². The van der Waals surface area contributed by atoms with E-state index in [1.165, 1.54) is 12.1 Å². The molecule has 0 aliphatic carbocycles. The van der Waals surface area contributed by atoms with Crippen LogP contribution in [0.3, 0.4) is 0 Å². The lowest BCUT2D eigenvalue weighted by Gasteiger charge is -2.11. The normalized spacial score (nSPS) is 12.3. The molecule has 2 nitrogen and oxygen atoms in total. The van der Waals surface area contributed by atoms with E-state index in [2.05, 4.69) is 4.98 Å². The molecule has 0 N–H and O–H groups in total. The predicted molar refractivity (Wildman–Crippen MR) is 52.7 cm³/mol. The molecule has 0 unspecified atom stereocenters. The Balaban J connectivity index is 2.63. The molecule has 0 saturated heterocycles. The molecule has 0 atom stereocenters. The Bertz CT molecular complexity index is 468. The van der Waals surface area contributed by atoms with Crippen LogP contribution in [-0.4, -0.2) is 4.98 Å².